The summed E-state index contributed by atoms with van der Waals surface area (Å²) in [6.45, 7) is 4.20. The first-order chi connectivity index (χ1) is 12.4. The Labute approximate surface area is 159 Å². The lowest BCUT2D eigenvalue weighted by molar-refractivity contribution is 0.102. The molecule has 2 heterocycles. The van der Waals surface area contributed by atoms with Gasteiger partial charge < -0.3 is 15.8 Å². The van der Waals surface area contributed by atoms with Gasteiger partial charge in [-0.3, -0.25) is 9.79 Å². The topological polar surface area (TPSA) is 76.7 Å². The number of hydrogen-bond acceptors (Lipinski definition) is 6. The van der Waals surface area contributed by atoms with Gasteiger partial charge in [-0.05, 0) is 49.9 Å². The van der Waals surface area contributed by atoms with Crippen molar-refractivity contribution >= 4 is 39.9 Å². The summed E-state index contributed by atoms with van der Waals surface area (Å²) in [5.41, 5.74) is 6.03. The average Bonchev–Trinajstić information content (AvgIpc) is 3.05. The molecule has 1 aromatic heterocycles. The van der Waals surface area contributed by atoms with Crippen LogP contribution in [-0.2, 0) is 5.54 Å². The minimum absolute atomic E-state index is 0.284. The summed E-state index contributed by atoms with van der Waals surface area (Å²) in [7, 11) is 0. The van der Waals surface area contributed by atoms with Crippen LogP contribution in [-0.4, -0.2) is 23.4 Å². The number of halogens is 1. The van der Waals surface area contributed by atoms with Crippen LogP contribution in [0, 0.1) is 5.82 Å². The van der Waals surface area contributed by atoms with E-state index in [0.717, 1.165) is 5.75 Å². The smallest absolute Gasteiger partial charge is 0.269 e. The Kier molecular flexibility index (Phi) is 5.52. The second kappa shape index (κ2) is 7.67. The van der Waals surface area contributed by atoms with Crippen molar-refractivity contribution in [3.8, 4) is 5.75 Å². The molecule has 26 heavy (non-hydrogen) atoms. The fourth-order valence-corrected chi connectivity index (χ4v) is 4.52. The summed E-state index contributed by atoms with van der Waals surface area (Å²) in [5.74, 6) is 0.675. The van der Waals surface area contributed by atoms with Gasteiger partial charge in [0.1, 0.15) is 16.4 Å². The monoisotopic (exact) mass is 393 g/mol. The molecule has 5 nitrogen and oxygen atoms in total. The number of thioether (sulfide) groups is 1. The second-order valence-corrected chi connectivity index (χ2v) is 8.05. The first kappa shape index (κ1) is 18.7. The summed E-state index contributed by atoms with van der Waals surface area (Å²) >= 11 is 2.76. The standard InChI is InChI=1S/C18H20FN3O2S2/c1-3-24-14-6-8-25-15(14)16(23)21-11-4-5-13(19)12(10-11)18(2)7-9-26-17(20)22-18/h4-6,8,10H,3,7,9H2,1-2H3,(H2,20,22)(H,21,23)/t18-/m0/s1. The van der Waals surface area contributed by atoms with E-state index in [0.29, 0.717) is 40.1 Å². The zero-order chi connectivity index (χ0) is 18.7. The average molecular weight is 394 g/mol. The van der Waals surface area contributed by atoms with E-state index in [9.17, 15) is 9.18 Å². The van der Waals surface area contributed by atoms with Crippen molar-refractivity contribution in [1.82, 2.24) is 0 Å². The van der Waals surface area contributed by atoms with Crippen LogP contribution < -0.4 is 15.8 Å². The van der Waals surface area contributed by atoms with E-state index in [1.165, 1.54) is 29.2 Å². The van der Waals surface area contributed by atoms with Crippen LogP contribution in [0.1, 0.15) is 35.5 Å². The molecule has 3 rings (SSSR count). The molecular formula is C18H20FN3O2S2. The van der Waals surface area contributed by atoms with Gasteiger partial charge in [-0.1, -0.05) is 11.8 Å². The van der Waals surface area contributed by atoms with Crippen molar-refractivity contribution in [2.24, 2.45) is 10.7 Å². The third-order valence-electron chi connectivity index (χ3n) is 4.14. The maximum atomic E-state index is 14.5. The van der Waals surface area contributed by atoms with E-state index in [2.05, 4.69) is 10.3 Å². The van der Waals surface area contributed by atoms with E-state index in [4.69, 9.17) is 10.5 Å². The fourth-order valence-electron chi connectivity index (χ4n) is 2.82. The molecule has 138 valence electrons. The summed E-state index contributed by atoms with van der Waals surface area (Å²) in [4.78, 5) is 17.5. The van der Waals surface area contributed by atoms with Crippen LogP contribution in [0.5, 0.6) is 5.75 Å². The SMILES string of the molecule is CCOc1ccsc1C(=O)Nc1ccc(F)c([C@]2(C)CCSC(N)=N2)c1. The highest BCUT2D eigenvalue weighted by Gasteiger charge is 2.32. The number of ether oxygens (including phenoxy) is 1. The van der Waals surface area contributed by atoms with Crippen molar-refractivity contribution in [3.05, 3.63) is 45.9 Å². The number of nitrogens with zero attached hydrogens (tertiary/aromatic N) is 1. The zero-order valence-corrected chi connectivity index (χ0v) is 16.2. The summed E-state index contributed by atoms with van der Waals surface area (Å²) in [6, 6.07) is 6.28. The predicted octanol–water partition coefficient (Wildman–Crippen LogP) is 4.21. The van der Waals surface area contributed by atoms with Crippen LogP contribution in [0.15, 0.2) is 34.6 Å². The lowest BCUT2D eigenvalue weighted by atomic mass is 9.89. The molecule has 0 bridgehead atoms. The number of anilines is 1. The Hall–Kier alpha value is -2.06. The van der Waals surface area contributed by atoms with Gasteiger partial charge in [0.15, 0.2) is 5.17 Å². The zero-order valence-electron chi connectivity index (χ0n) is 14.5. The number of hydrogen-bond donors (Lipinski definition) is 2. The molecule has 1 aliphatic rings. The maximum absolute atomic E-state index is 14.5. The van der Waals surface area contributed by atoms with Gasteiger partial charge in [0.05, 0.1) is 12.1 Å². The summed E-state index contributed by atoms with van der Waals surface area (Å²) in [5, 5.41) is 5.07. The lowest BCUT2D eigenvalue weighted by Gasteiger charge is -2.30. The largest absolute Gasteiger partial charge is 0.492 e. The number of aliphatic imine (C=N–C) groups is 1. The second-order valence-electron chi connectivity index (χ2n) is 6.02. The first-order valence-electron chi connectivity index (χ1n) is 8.23. The number of thiophene rings is 1. The number of nitrogens with two attached hydrogens (primary N) is 1. The number of amidine groups is 1. The Bertz CT molecular complexity index is 853. The first-order valence-corrected chi connectivity index (χ1v) is 10.1. The van der Waals surface area contributed by atoms with Crippen molar-refractivity contribution < 1.29 is 13.9 Å². The molecular weight excluding hydrogens is 373 g/mol. The molecule has 0 saturated carbocycles. The lowest BCUT2D eigenvalue weighted by Crippen LogP contribution is -2.29. The molecule has 1 atom stereocenters. The van der Waals surface area contributed by atoms with Crippen LogP contribution in [0.2, 0.25) is 0 Å². The molecule has 1 aromatic carbocycles. The molecule has 1 aliphatic heterocycles. The Morgan fingerprint density at radius 1 is 1.46 bits per heavy atom. The normalized spacial score (nSPS) is 19.7. The van der Waals surface area contributed by atoms with E-state index in [1.54, 1.807) is 23.6 Å². The number of amides is 1. The number of carbonyl (C=O) groups excluding carboxylic acids is 1. The number of carbonyl (C=O) groups is 1. The fraction of sp³-hybridized carbons (Fsp3) is 0.333. The molecule has 0 aliphatic carbocycles. The van der Waals surface area contributed by atoms with Gasteiger partial charge in [-0.25, -0.2) is 4.39 Å². The van der Waals surface area contributed by atoms with Gasteiger partial charge in [-0.15, -0.1) is 11.3 Å². The maximum Gasteiger partial charge on any atom is 0.269 e. The molecule has 1 amide bonds. The summed E-state index contributed by atoms with van der Waals surface area (Å²) in [6.07, 6.45) is 0.673. The van der Waals surface area contributed by atoms with Crippen molar-refractivity contribution in [3.63, 3.8) is 0 Å². The number of benzene rings is 1. The molecule has 0 saturated heterocycles. The van der Waals surface area contributed by atoms with Crippen molar-refractivity contribution in [1.29, 1.82) is 0 Å². The molecule has 0 spiro atoms. The van der Waals surface area contributed by atoms with Gasteiger partial charge in [0, 0.05) is 17.0 Å². The molecule has 0 unspecified atom stereocenters. The minimum atomic E-state index is -0.737. The predicted molar refractivity (Wildman–Crippen MR) is 106 cm³/mol. The van der Waals surface area contributed by atoms with Gasteiger partial charge in [0.25, 0.3) is 5.91 Å². The number of rotatable bonds is 5. The highest BCUT2D eigenvalue weighted by molar-refractivity contribution is 8.13. The van der Waals surface area contributed by atoms with Crippen molar-refractivity contribution in [2.75, 3.05) is 17.7 Å². The minimum Gasteiger partial charge on any atom is -0.492 e. The van der Waals surface area contributed by atoms with Gasteiger partial charge in [0.2, 0.25) is 0 Å². The highest BCUT2D eigenvalue weighted by atomic mass is 32.2. The van der Waals surface area contributed by atoms with Gasteiger partial charge in [-0.2, -0.15) is 0 Å². The Morgan fingerprint density at radius 3 is 3.00 bits per heavy atom. The Balaban J connectivity index is 1.87. The Morgan fingerprint density at radius 2 is 2.27 bits per heavy atom. The van der Waals surface area contributed by atoms with Crippen LogP contribution in [0.25, 0.3) is 0 Å². The third kappa shape index (κ3) is 3.86. The molecule has 3 N–H and O–H groups in total. The highest BCUT2D eigenvalue weighted by Crippen LogP contribution is 2.37. The van der Waals surface area contributed by atoms with E-state index >= 15 is 0 Å². The molecule has 0 fully saturated rings. The van der Waals surface area contributed by atoms with E-state index in [1.807, 2.05) is 13.8 Å². The third-order valence-corrected chi connectivity index (χ3v) is 5.83. The van der Waals surface area contributed by atoms with E-state index < -0.39 is 5.54 Å². The quantitative estimate of drug-likeness (QED) is 0.798. The van der Waals surface area contributed by atoms with Crippen molar-refractivity contribution in [2.45, 2.75) is 25.8 Å². The molecule has 2 aromatic rings. The van der Waals surface area contributed by atoms with Crippen LogP contribution in [0.4, 0.5) is 10.1 Å². The van der Waals surface area contributed by atoms with E-state index in [-0.39, 0.29) is 11.7 Å². The summed E-state index contributed by atoms with van der Waals surface area (Å²) < 4.78 is 19.9. The van der Waals surface area contributed by atoms with Crippen LogP contribution >= 0.6 is 23.1 Å². The molecule has 0 radical (unpaired) electrons. The van der Waals surface area contributed by atoms with Crippen LogP contribution in [0.3, 0.4) is 0 Å². The van der Waals surface area contributed by atoms with Gasteiger partial charge >= 0.3 is 0 Å². The number of nitrogens with one attached hydrogen (secondary N) is 1. The molecule has 8 heteroatoms.